The minimum atomic E-state index is -5.11. The van der Waals surface area contributed by atoms with Crippen molar-refractivity contribution in [2.45, 2.75) is 31.6 Å². The summed E-state index contributed by atoms with van der Waals surface area (Å²) in [7, 11) is 0. The SMILES string of the molecule is CC(C(=O)C(F)(F)F)c1nc(CC(F)(F)F)no1. The molecule has 1 rings (SSSR count). The molecule has 1 aromatic heterocycles. The molecule has 0 fully saturated rings. The Labute approximate surface area is 96.0 Å². The van der Waals surface area contributed by atoms with Crippen molar-refractivity contribution in [3.05, 3.63) is 11.7 Å². The molecule has 102 valence electrons. The highest BCUT2D eigenvalue weighted by molar-refractivity contribution is 5.89. The van der Waals surface area contributed by atoms with Crippen LogP contribution in [0.1, 0.15) is 24.6 Å². The van der Waals surface area contributed by atoms with Gasteiger partial charge in [-0.1, -0.05) is 5.16 Å². The van der Waals surface area contributed by atoms with E-state index in [2.05, 4.69) is 14.7 Å². The van der Waals surface area contributed by atoms with Gasteiger partial charge in [-0.3, -0.25) is 4.79 Å². The highest BCUT2D eigenvalue weighted by Crippen LogP contribution is 2.27. The molecule has 0 aliphatic carbocycles. The van der Waals surface area contributed by atoms with Crippen molar-refractivity contribution in [2.75, 3.05) is 0 Å². The average molecular weight is 276 g/mol. The maximum Gasteiger partial charge on any atom is 0.450 e. The fourth-order valence-corrected chi connectivity index (χ4v) is 1.05. The normalized spacial score (nSPS) is 14.6. The molecule has 10 heteroatoms. The fraction of sp³-hybridized carbons (Fsp3) is 0.625. The van der Waals surface area contributed by atoms with Crippen molar-refractivity contribution >= 4 is 5.78 Å². The van der Waals surface area contributed by atoms with E-state index in [0.29, 0.717) is 0 Å². The van der Waals surface area contributed by atoms with Crippen LogP contribution >= 0.6 is 0 Å². The van der Waals surface area contributed by atoms with Gasteiger partial charge in [-0.2, -0.15) is 31.3 Å². The van der Waals surface area contributed by atoms with Crippen molar-refractivity contribution in [3.8, 4) is 0 Å². The summed E-state index contributed by atoms with van der Waals surface area (Å²) in [6.07, 6.45) is -11.3. The van der Waals surface area contributed by atoms with Crippen molar-refractivity contribution in [1.29, 1.82) is 0 Å². The van der Waals surface area contributed by atoms with E-state index in [1.807, 2.05) is 0 Å². The number of hydrogen-bond donors (Lipinski definition) is 0. The second kappa shape index (κ2) is 4.58. The average Bonchev–Trinajstić information content (AvgIpc) is 2.59. The number of halogens is 6. The van der Waals surface area contributed by atoms with Gasteiger partial charge in [0.05, 0.1) is 0 Å². The summed E-state index contributed by atoms with van der Waals surface area (Å²) in [5.74, 6) is -5.61. The number of aromatic nitrogens is 2. The number of carbonyl (C=O) groups excluding carboxylic acids is 1. The predicted molar refractivity (Wildman–Crippen MR) is 43.5 cm³/mol. The predicted octanol–water partition coefficient (Wildman–Crippen LogP) is 2.41. The van der Waals surface area contributed by atoms with E-state index >= 15 is 0 Å². The fourth-order valence-electron chi connectivity index (χ4n) is 1.05. The van der Waals surface area contributed by atoms with E-state index in [0.717, 1.165) is 6.92 Å². The second-order valence-electron chi connectivity index (χ2n) is 3.42. The Bertz CT molecular complexity index is 436. The van der Waals surface area contributed by atoms with Crippen LogP contribution in [-0.2, 0) is 11.2 Å². The molecule has 0 radical (unpaired) electrons. The topological polar surface area (TPSA) is 56.0 Å². The Hall–Kier alpha value is -1.61. The highest BCUT2D eigenvalue weighted by atomic mass is 19.4. The summed E-state index contributed by atoms with van der Waals surface area (Å²) in [4.78, 5) is 13.9. The van der Waals surface area contributed by atoms with Crippen molar-refractivity contribution in [2.24, 2.45) is 0 Å². The molecule has 4 nitrogen and oxygen atoms in total. The molecule has 0 spiro atoms. The van der Waals surface area contributed by atoms with Crippen LogP contribution in [0.25, 0.3) is 0 Å². The van der Waals surface area contributed by atoms with Crippen LogP contribution in [0.4, 0.5) is 26.3 Å². The summed E-state index contributed by atoms with van der Waals surface area (Å²) < 4.78 is 76.1. The van der Waals surface area contributed by atoms with Crippen LogP contribution in [-0.4, -0.2) is 28.3 Å². The van der Waals surface area contributed by atoms with Crippen molar-refractivity contribution < 1.29 is 35.7 Å². The summed E-state index contributed by atoms with van der Waals surface area (Å²) >= 11 is 0. The van der Waals surface area contributed by atoms with Crippen LogP contribution in [0, 0.1) is 0 Å². The van der Waals surface area contributed by atoms with E-state index in [9.17, 15) is 31.1 Å². The first-order chi connectivity index (χ1) is 8.00. The number of alkyl halides is 6. The van der Waals surface area contributed by atoms with Gasteiger partial charge in [0.15, 0.2) is 5.82 Å². The van der Waals surface area contributed by atoms with Gasteiger partial charge >= 0.3 is 12.4 Å². The second-order valence-corrected chi connectivity index (χ2v) is 3.42. The van der Waals surface area contributed by atoms with E-state index < -0.39 is 42.2 Å². The number of rotatable bonds is 3. The zero-order chi connectivity index (χ0) is 14.1. The van der Waals surface area contributed by atoms with Gasteiger partial charge in [-0.25, -0.2) is 0 Å². The number of nitrogens with zero attached hydrogens (tertiary/aromatic N) is 2. The van der Waals surface area contributed by atoms with Gasteiger partial charge in [0.25, 0.3) is 0 Å². The zero-order valence-corrected chi connectivity index (χ0v) is 8.76. The molecule has 1 heterocycles. The Balaban J connectivity index is 2.83. The van der Waals surface area contributed by atoms with E-state index in [4.69, 9.17) is 0 Å². The Morgan fingerprint density at radius 3 is 2.28 bits per heavy atom. The standard InChI is InChI=1S/C8H6F6N2O2/c1-3(5(17)8(12,13)14)6-15-4(16-18-6)2-7(9,10)11/h3H,2H2,1H3. The number of carbonyl (C=O) groups is 1. The third-order valence-corrected chi connectivity index (χ3v) is 1.89. The molecule has 18 heavy (non-hydrogen) atoms. The van der Waals surface area contributed by atoms with Gasteiger partial charge in [0.1, 0.15) is 12.3 Å². The van der Waals surface area contributed by atoms with Gasteiger partial charge in [0.2, 0.25) is 11.7 Å². The molecule has 0 N–H and O–H groups in total. The minimum absolute atomic E-state index is 0.795. The van der Waals surface area contributed by atoms with Gasteiger partial charge < -0.3 is 4.52 Å². The van der Waals surface area contributed by atoms with Crippen LogP contribution in [0.3, 0.4) is 0 Å². The lowest BCUT2D eigenvalue weighted by atomic mass is 10.1. The molecule has 0 bridgehead atoms. The quantitative estimate of drug-likeness (QED) is 0.795. The van der Waals surface area contributed by atoms with E-state index in [-0.39, 0.29) is 0 Å². The zero-order valence-electron chi connectivity index (χ0n) is 8.76. The molecule has 1 unspecified atom stereocenters. The molecule has 1 aromatic rings. The van der Waals surface area contributed by atoms with E-state index in [1.165, 1.54) is 0 Å². The van der Waals surface area contributed by atoms with Gasteiger partial charge in [-0.05, 0) is 6.92 Å². The first-order valence-electron chi connectivity index (χ1n) is 4.51. The molecule has 0 aliphatic rings. The molecule has 0 aliphatic heterocycles. The molecule has 0 aromatic carbocycles. The monoisotopic (exact) mass is 276 g/mol. The minimum Gasteiger partial charge on any atom is -0.339 e. The van der Waals surface area contributed by atoms with Crippen LogP contribution in [0.5, 0.6) is 0 Å². The van der Waals surface area contributed by atoms with Crippen LogP contribution in [0.15, 0.2) is 4.52 Å². The molecular weight excluding hydrogens is 270 g/mol. The highest BCUT2D eigenvalue weighted by Gasteiger charge is 2.44. The Kier molecular flexibility index (Phi) is 3.67. The summed E-state index contributed by atoms with van der Waals surface area (Å²) in [5, 5.41) is 2.86. The summed E-state index contributed by atoms with van der Waals surface area (Å²) in [6, 6.07) is 0. The van der Waals surface area contributed by atoms with Gasteiger partial charge in [-0.15, -0.1) is 0 Å². The molecule has 0 amide bonds. The summed E-state index contributed by atoms with van der Waals surface area (Å²) in [6.45, 7) is 0.820. The van der Waals surface area contributed by atoms with Crippen molar-refractivity contribution in [3.63, 3.8) is 0 Å². The van der Waals surface area contributed by atoms with Crippen LogP contribution in [0.2, 0.25) is 0 Å². The molecule has 0 saturated carbocycles. The maximum atomic E-state index is 12.0. The first-order valence-corrected chi connectivity index (χ1v) is 4.51. The third-order valence-electron chi connectivity index (χ3n) is 1.89. The summed E-state index contributed by atoms with van der Waals surface area (Å²) in [5.41, 5.74) is 0. The maximum absolute atomic E-state index is 12.0. The molecular formula is C8H6F6N2O2. The number of Topliss-reactive ketones (excluding diaryl/α,β-unsaturated/α-hetero) is 1. The Morgan fingerprint density at radius 1 is 1.28 bits per heavy atom. The lowest BCUT2D eigenvalue weighted by Gasteiger charge is -2.08. The molecule has 0 saturated heterocycles. The third kappa shape index (κ3) is 3.70. The largest absolute Gasteiger partial charge is 0.450 e. The van der Waals surface area contributed by atoms with Crippen molar-refractivity contribution in [1.82, 2.24) is 10.1 Å². The lowest BCUT2D eigenvalue weighted by Crippen LogP contribution is -2.27. The number of ketones is 1. The Morgan fingerprint density at radius 2 is 1.83 bits per heavy atom. The van der Waals surface area contributed by atoms with Crippen LogP contribution < -0.4 is 0 Å². The van der Waals surface area contributed by atoms with E-state index in [1.54, 1.807) is 0 Å². The number of hydrogen-bond acceptors (Lipinski definition) is 4. The van der Waals surface area contributed by atoms with Gasteiger partial charge in [0, 0.05) is 0 Å². The smallest absolute Gasteiger partial charge is 0.339 e. The lowest BCUT2D eigenvalue weighted by molar-refractivity contribution is -0.172. The first kappa shape index (κ1) is 14.5. The molecule has 1 atom stereocenters.